The van der Waals surface area contributed by atoms with Crippen molar-refractivity contribution in [2.24, 2.45) is 0 Å². The van der Waals surface area contributed by atoms with Crippen molar-refractivity contribution in [3.05, 3.63) is 65.3 Å². The van der Waals surface area contributed by atoms with E-state index in [1.807, 2.05) is 9.69 Å². The number of hydrazine groups is 1. The number of rotatable bonds is 5. The molecule has 1 aromatic carbocycles. The number of fused-ring (bicyclic) bond motifs is 1. The minimum Gasteiger partial charge on any atom is -0.283 e. The molecule has 29 heavy (non-hydrogen) atoms. The maximum atomic E-state index is 13.3. The van der Waals surface area contributed by atoms with Gasteiger partial charge in [0.05, 0.1) is 12.2 Å². The van der Waals surface area contributed by atoms with Gasteiger partial charge in [-0.1, -0.05) is 24.6 Å². The van der Waals surface area contributed by atoms with Crippen LogP contribution in [0, 0.1) is 5.82 Å². The average molecular weight is 413 g/mol. The third-order valence-corrected chi connectivity index (χ3v) is 6.21. The largest absolute Gasteiger partial charge is 0.286 e. The fraction of sp³-hybridized carbons (Fsp3) is 0.364. The second-order valence-corrected chi connectivity index (χ2v) is 8.33. The number of aromatic nitrogens is 2. The zero-order valence-corrected chi connectivity index (χ0v) is 17.2. The van der Waals surface area contributed by atoms with Crippen LogP contribution in [0.25, 0.3) is 11.6 Å². The van der Waals surface area contributed by atoms with E-state index >= 15 is 0 Å². The molecule has 0 aliphatic carbocycles. The summed E-state index contributed by atoms with van der Waals surface area (Å²) in [7, 11) is 0. The molecule has 3 heterocycles. The van der Waals surface area contributed by atoms with Crippen LogP contribution in [-0.4, -0.2) is 39.5 Å². The normalized spacial score (nSPS) is 18.4. The molecule has 1 amide bonds. The minimum atomic E-state index is -0.251. The zero-order chi connectivity index (χ0) is 20.2. The number of hydrogen-bond acceptors (Lipinski definition) is 4. The van der Waals surface area contributed by atoms with Gasteiger partial charge in [-0.3, -0.25) is 14.9 Å². The number of benzene rings is 1. The Bertz CT molecular complexity index is 929. The van der Waals surface area contributed by atoms with Crippen molar-refractivity contribution < 1.29 is 9.18 Å². The smallest absolute Gasteiger partial charge is 0.283 e. The number of thioether (sulfide) groups is 1. The predicted molar refractivity (Wildman–Crippen MR) is 116 cm³/mol. The molecule has 2 aliphatic rings. The van der Waals surface area contributed by atoms with Crippen LogP contribution < -0.4 is 5.43 Å². The van der Waals surface area contributed by atoms with Gasteiger partial charge in [-0.25, -0.2) is 9.40 Å². The maximum Gasteiger partial charge on any atom is 0.286 e. The Morgan fingerprint density at radius 1 is 1.21 bits per heavy atom. The number of halogens is 1. The lowest BCUT2D eigenvalue weighted by Crippen LogP contribution is -2.45. The number of allylic oxidation sites excluding steroid dienone is 1. The summed E-state index contributed by atoms with van der Waals surface area (Å²) in [4.78, 5) is 13.0. The monoisotopic (exact) mass is 412 g/mol. The number of nitrogens with one attached hydrogen (secondary N) is 1. The summed E-state index contributed by atoms with van der Waals surface area (Å²) < 4.78 is 15.1. The van der Waals surface area contributed by atoms with Crippen molar-refractivity contribution in [3.63, 3.8) is 0 Å². The highest BCUT2D eigenvalue weighted by Gasteiger charge is 2.28. The van der Waals surface area contributed by atoms with Crippen LogP contribution in [0.4, 0.5) is 4.39 Å². The number of nitrogens with zero attached hydrogens (tertiary/aromatic N) is 3. The molecule has 2 aromatic rings. The van der Waals surface area contributed by atoms with Crippen LogP contribution >= 0.6 is 11.8 Å². The van der Waals surface area contributed by atoms with Crippen molar-refractivity contribution in [2.75, 3.05) is 18.8 Å². The predicted octanol–water partition coefficient (Wildman–Crippen LogP) is 4.13. The van der Waals surface area contributed by atoms with Crippen molar-refractivity contribution in [3.8, 4) is 0 Å². The Balaban J connectivity index is 1.68. The van der Waals surface area contributed by atoms with Gasteiger partial charge in [-0.2, -0.15) is 16.9 Å². The molecule has 1 fully saturated rings. The third kappa shape index (κ3) is 4.46. The summed E-state index contributed by atoms with van der Waals surface area (Å²) in [6.07, 6.45) is 7.26. The molecular weight excluding hydrogens is 387 g/mol. The van der Waals surface area contributed by atoms with E-state index in [1.165, 1.54) is 18.6 Å². The number of hydrogen-bond donors (Lipinski definition) is 1. The van der Waals surface area contributed by atoms with E-state index in [0.29, 0.717) is 12.2 Å². The molecular formula is C22H25FN4OS. The minimum absolute atomic E-state index is 0.144. The van der Waals surface area contributed by atoms with Crippen LogP contribution in [0.3, 0.4) is 0 Å². The molecule has 0 saturated carbocycles. The summed E-state index contributed by atoms with van der Waals surface area (Å²) in [5.74, 6) is 1.17. The Morgan fingerprint density at radius 2 is 1.97 bits per heavy atom. The molecule has 2 aliphatic heterocycles. The lowest BCUT2D eigenvalue weighted by Gasteiger charge is -2.26. The topological polar surface area (TPSA) is 50.2 Å². The highest BCUT2D eigenvalue weighted by Crippen LogP contribution is 2.36. The van der Waals surface area contributed by atoms with E-state index in [1.54, 1.807) is 30.0 Å². The molecule has 152 valence electrons. The number of carbonyl (C=O) groups excluding carboxylic acids is 1. The molecule has 1 saturated heterocycles. The van der Waals surface area contributed by atoms with Crippen molar-refractivity contribution in [2.45, 2.75) is 31.6 Å². The Kier molecular flexibility index (Phi) is 6.16. The van der Waals surface area contributed by atoms with Crippen LogP contribution in [0.5, 0.6) is 0 Å². The number of carbonyl (C=O) groups is 1. The lowest BCUT2D eigenvalue weighted by molar-refractivity contribution is 0.0743. The van der Waals surface area contributed by atoms with Gasteiger partial charge in [0, 0.05) is 30.2 Å². The third-order valence-electron chi connectivity index (χ3n) is 5.20. The number of amides is 1. The van der Waals surface area contributed by atoms with Gasteiger partial charge in [0.1, 0.15) is 5.82 Å². The van der Waals surface area contributed by atoms with Crippen LogP contribution in [0.1, 0.15) is 46.6 Å². The van der Waals surface area contributed by atoms with E-state index < -0.39 is 0 Å². The Labute approximate surface area is 174 Å². The van der Waals surface area contributed by atoms with Crippen molar-refractivity contribution in [1.82, 2.24) is 20.2 Å². The van der Waals surface area contributed by atoms with Gasteiger partial charge >= 0.3 is 0 Å². The standard InChI is InChI=1S/C22H25FN4OS/c1-2-10-27-21-17(13-16-6-8-18(23)9-7-16)14-29-15-19(21)20(24-27)22(28)25-26-11-4-3-5-12-26/h2,6-9,13H,1,3-5,10-12,14-15H2,(H,25,28)/b17-13+. The molecule has 0 bridgehead atoms. The summed E-state index contributed by atoms with van der Waals surface area (Å²) in [6, 6.07) is 6.45. The van der Waals surface area contributed by atoms with E-state index in [9.17, 15) is 9.18 Å². The van der Waals surface area contributed by atoms with Gasteiger partial charge < -0.3 is 0 Å². The first-order valence-electron chi connectivity index (χ1n) is 9.96. The molecule has 1 N–H and O–H groups in total. The molecule has 0 unspecified atom stereocenters. The number of piperidine rings is 1. The highest BCUT2D eigenvalue weighted by atomic mass is 32.2. The summed E-state index contributed by atoms with van der Waals surface area (Å²) in [6.45, 7) is 6.13. The fourth-order valence-electron chi connectivity index (χ4n) is 3.84. The summed E-state index contributed by atoms with van der Waals surface area (Å²) in [5, 5.41) is 6.64. The van der Waals surface area contributed by atoms with Crippen LogP contribution in [0.2, 0.25) is 0 Å². The average Bonchev–Trinajstić information content (AvgIpc) is 3.10. The quantitative estimate of drug-likeness (QED) is 0.751. The first-order chi connectivity index (χ1) is 14.2. The molecule has 0 atom stereocenters. The first kappa shape index (κ1) is 19.9. The van der Waals surface area contributed by atoms with Crippen LogP contribution in [-0.2, 0) is 12.3 Å². The molecule has 1 aromatic heterocycles. The van der Waals surface area contributed by atoms with Gasteiger partial charge in [0.25, 0.3) is 5.91 Å². The Morgan fingerprint density at radius 3 is 2.69 bits per heavy atom. The van der Waals surface area contributed by atoms with E-state index in [0.717, 1.165) is 59.8 Å². The molecule has 5 nitrogen and oxygen atoms in total. The maximum absolute atomic E-state index is 13.3. The van der Waals surface area contributed by atoms with Gasteiger partial charge in [-0.05, 0) is 42.2 Å². The molecule has 4 rings (SSSR count). The molecule has 7 heteroatoms. The summed E-state index contributed by atoms with van der Waals surface area (Å²) >= 11 is 1.76. The summed E-state index contributed by atoms with van der Waals surface area (Å²) in [5.41, 5.74) is 7.49. The Hall–Kier alpha value is -2.38. The van der Waals surface area contributed by atoms with Crippen molar-refractivity contribution >= 4 is 29.3 Å². The van der Waals surface area contributed by atoms with Gasteiger partial charge in [0.2, 0.25) is 0 Å². The highest BCUT2D eigenvalue weighted by molar-refractivity contribution is 7.99. The second kappa shape index (κ2) is 8.97. The van der Waals surface area contributed by atoms with Gasteiger partial charge in [-0.15, -0.1) is 6.58 Å². The lowest BCUT2D eigenvalue weighted by atomic mass is 10.0. The van der Waals surface area contributed by atoms with Crippen molar-refractivity contribution in [1.29, 1.82) is 0 Å². The second-order valence-electron chi connectivity index (χ2n) is 7.35. The van der Waals surface area contributed by atoms with E-state index in [2.05, 4.69) is 23.2 Å². The van der Waals surface area contributed by atoms with Crippen LogP contribution in [0.15, 0.2) is 36.9 Å². The first-order valence-corrected chi connectivity index (χ1v) is 11.1. The zero-order valence-electron chi connectivity index (χ0n) is 16.4. The molecule has 0 radical (unpaired) electrons. The van der Waals surface area contributed by atoms with Gasteiger partial charge in [0.15, 0.2) is 5.69 Å². The van der Waals surface area contributed by atoms with E-state index in [4.69, 9.17) is 0 Å². The van der Waals surface area contributed by atoms with E-state index in [-0.39, 0.29) is 11.7 Å². The SMILES string of the molecule is C=CCn1nc(C(=O)NN2CCCCC2)c2c1/C(=C/c1ccc(F)cc1)CSC2. The fourth-order valence-corrected chi connectivity index (χ4v) is 4.86. The molecule has 0 spiro atoms.